The van der Waals surface area contributed by atoms with Gasteiger partial charge in [-0.15, -0.1) is 0 Å². The summed E-state index contributed by atoms with van der Waals surface area (Å²) in [6.45, 7) is -0.0494. The molecule has 1 rings (SSSR count). The molecule has 0 radical (unpaired) electrons. The highest BCUT2D eigenvalue weighted by Gasteiger charge is 2.11. The Labute approximate surface area is 98.4 Å². The highest BCUT2D eigenvalue weighted by molar-refractivity contribution is 5.83. The van der Waals surface area contributed by atoms with Crippen LogP contribution in [-0.2, 0) is 11.3 Å². The molecule has 0 aliphatic heterocycles. The van der Waals surface area contributed by atoms with Crippen LogP contribution in [0.1, 0.15) is 5.56 Å². The Bertz CT molecular complexity index is 423. The molecule has 6 heteroatoms. The molecule has 0 saturated heterocycles. The second-order valence-corrected chi connectivity index (χ2v) is 3.56. The van der Waals surface area contributed by atoms with E-state index in [4.69, 9.17) is 5.73 Å². The average molecular weight is 239 g/mol. The lowest BCUT2D eigenvalue weighted by Gasteiger charge is -2.17. The van der Waals surface area contributed by atoms with E-state index in [1.165, 1.54) is 18.0 Å². The number of nitrogens with one attached hydrogen (secondary N) is 1. The lowest BCUT2D eigenvalue weighted by Crippen LogP contribution is -2.40. The van der Waals surface area contributed by atoms with Crippen LogP contribution in [0.3, 0.4) is 0 Å². The predicted octanol–water partition coefficient (Wildman–Crippen LogP) is 0.452. The number of hydrogen-bond donors (Lipinski definition) is 2. The van der Waals surface area contributed by atoms with E-state index < -0.39 is 6.03 Å². The molecular weight excluding hydrogens is 225 g/mol. The second-order valence-electron chi connectivity index (χ2n) is 3.56. The van der Waals surface area contributed by atoms with Gasteiger partial charge in [-0.25, -0.2) is 9.18 Å². The van der Waals surface area contributed by atoms with Gasteiger partial charge in [-0.2, -0.15) is 0 Å². The minimum atomic E-state index is -0.766. The number of urea groups is 1. The highest BCUT2D eigenvalue weighted by atomic mass is 19.1. The van der Waals surface area contributed by atoms with E-state index >= 15 is 0 Å². The summed E-state index contributed by atoms with van der Waals surface area (Å²) in [5.41, 5.74) is 5.26. The van der Waals surface area contributed by atoms with Crippen molar-refractivity contribution in [1.29, 1.82) is 0 Å². The molecular formula is C11H14FN3O2. The van der Waals surface area contributed by atoms with Crippen LogP contribution in [0.5, 0.6) is 0 Å². The van der Waals surface area contributed by atoms with Crippen molar-refractivity contribution in [3.05, 3.63) is 35.6 Å². The summed E-state index contributed by atoms with van der Waals surface area (Å²) in [5.74, 6) is -0.706. The third kappa shape index (κ3) is 4.10. The highest BCUT2D eigenvalue weighted by Crippen LogP contribution is 2.08. The summed E-state index contributed by atoms with van der Waals surface area (Å²) in [7, 11) is 1.53. The van der Waals surface area contributed by atoms with Crippen LogP contribution >= 0.6 is 0 Å². The second kappa shape index (κ2) is 5.83. The van der Waals surface area contributed by atoms with Gasteiger partial charge in [0.25, 0.3) is 0 Å². The Morgan fingerprint density at radius 3 is 2.65 bits per heavy atom. The van der Waals surface area contributed by atoms with E-state index in [1.807, 2.05) is 0 Å². The molecule has 0 aliphatic carbocycles. The molecule has 0 aromatic heterocycles. The number of primary amides is 1. The Kier molecular flexibility index (Phi) is 4.45. The molecule has 1 aromatic carbocycles. The molecule has 3 N–H and O–H groups in total. The van der Waals surface area contributed by atoms with Crippen LogP contribution in [0.15, 0.2) is 24.3 Å². The van der Waals surface area contributed by atoms with Crippen LogP contribution in [0.25, 0.3) is 0 Å². The lowest BCUT2D eigenvalue weighted by molar-refractivity contribution is -0.129. The first-order valence-electron chi connectivity index (χ1n) is 5.01. The van der Waals surface area contributed by atoms with Crippen LogP contribution in [0.2, 0.25) is 0 Å². The summed E-state index contributed by atoms with van der Waals surface area (Å²) >= 11 is 0. The summed E-state index contributed by atoms with van der Waals surface area (Å²) in [5, 5.41) is 2.18. The van der Waals surface area contributed by atoms with E-state index in [-0.39, 0.29) is 24.8 Å². The third-order valence-corrected chi connectivity index (χ3v) is 2.20. The van der Waals surface area contributed by atoms with E-state index in [2.05, 4.69) is 5.32 Å². The molecule has 92 valence electrons. The molecule has 0 unspecified atom stereocenters. The SMILES string of the molecule is CN(Cc1ccccc1F)C(=O)CNC(N)=O. The number of nitrogens with two attached hydrogens (primary N) is 1. The first-order chi connectivity index (χ1) is 8.00. The Morgan fingerprint density at radius 2 is 2.06 bits per heavy atom. The minimum Gasteiger partial charge on any atom is -0.352 e. The molecule has 0 saturated carbocycles. The molecule has 0 heterocycles. The smallest absolute Gasteiger partial charge is 0.312 e. The average Bonchev–Trinajstić information content (AvgIpc) is 2.28. The Hall–Kier alpha value is -2.11. The van der Waals surface area contributed by atoms with Crippen molar-refractivity contribution in [1.82, 2.24) is 10.2 Å². The Balaban J connectivity index is 2.54. The number of likely N-dealkylation sites (N-methyl/N-ethyl adjacent to an activating group) is 1. The molecule has 5 nitrogen and oxygen atoms in total. The lowest BCUT2D eigenvalue weighted by atomic mass is 10.2. The summed E-state index contributed by atoms with van der Waals surface area (Å²) < 4.78 is 13.3. The van der Waals surface area contributed by atoms with Gasteiger partial charge in [-0.05, 0) is 6.07 Å². The van der Waals surface area contributed by atoms with Crippen LogP contribution in [0, 0.1) is 5.82 Å². The van der Waals surface area contributed by atoms with Gasteiger partial charge in [0.05, 0.1) is 6.54 Å². The fraction of sp³-hybridized carbons (Fsp3) is 0.273. The van der Waals surface area contributed by atoms with Crippen molar-refractivity contribution in [2.45, 2.75) is 6.54 Å². The molecule has 3 amide bonds. The van der Waals surface area contributed by atoms with Gasteiger partial charge in [0.1, 0.15) is 5.82 Å². The summed E-state index contributed by atoms with van der Waals surface area (Å²) in [4.78, 5) is 23.2. The van der Waals surface area contributed by atoms with Gasteiger partial charge in [0.15, 0.2) is 0 Å². The zero-order valence-corrected chi connectivity index (χ0v) is 9.44. The number of carbonyl (C=O) groups excluding carboxylic acids is 2. The number of halogens is 1. The number of hydrogen-bond acceptors (Lipinski definition) is 2. The van der Waals surface area contributed by atoms with Crippen molar-refractivity contribution >= 4 is 11.9 Å². The van der Waals surface area contributed by atoms with Crippen molar-refractivity contribution < 1.29 is 14.0 Å². The van der Waals surface area contributed by atoms with Gasteiger partial charge < -0.3 is 16.0 Å². The first kappa shape index (κ1) is 13.0. The Morgan fingerprint density at radius 1 is 1.41 bits per heavy atom. The number of amides is 3. The van der Waals surface area contributed by atoms with Crippen molar-refractivity contribution in [3.8, 4) is 0 Å². The topological polar surface area (TPSA) is 75.4 Å². The van der Waals surface area contributed by atoms with E-state index in [0.717, 1.165) is 0 Å². The molecule has 0 atom stereocenters. The molecule has 0 bridgehead atoms. The van der Waals surface area contributed by atoms with Crippen molar-refractivity contribution in [2.24, 2.45) is 5.73 Å². The molecule has 17 heavy (non-hydrogen) atoms. The number of rotatable bonds is 4. The summed E-state index contributed by atoms with van der Waals surface area (Å²) in [6.07, 6.45) is 0. The quantitative estimate of drug-likeness (QED) is 0.800. The van der Waals surface area contributed by atoms with Crippen LogP contribution in [0.4, 0.5) is 9.18 Å². The van der Waals surface area contributed by atoms with Crippen LogP contribution < -0.4 is 11.1 Å². The fourth-order valence-electron chi connectivity index (χ4n) is 1.27. The summed E-state index contributed by atoms with van der Waals surface area (Å²) in [6, 6.07) is 5.43. The maximum absolute atomic E-state index is 13.3. The van der Waals surface area contributed by atoms with E-state index in [1.54, 1.807) is 18.2 Å². The van der Waals surface area contributed by atoms with Gasteiger partial charge in [0, 0.05) is 19.2 Å². The largest absolute Gasteiger partial charge is 0.352 e. The maximum Gasteiger partial charge on any atom is 0.312 e. The molecule has 0 fully saturated rings. The fourth-order valence-corrected chi connectivity index (χ4v) is 1.27. The van der Waals surface area contributed by atoms with E-state index in [9.17, 15) is 14.0 Å². The van der Waals surface area contributed by atoms with E-state index in [0.29, 0.717) is 5.56 Å². The standard InChI is InChI=1S/C11H14FN3O2/c1-15(10(16)6-14-11(13)17)7-8-4-2-3-5-9(8)12/h2-5H,6-7H2,1H3,(H3,13,14,17). The number of carbonyl (C=O) groups is 2. The first-order valence-corrected chi connectivity index (χ1v) is 5.01. The van der Waals surface area contributed by atoms with Crippen molar-refractivity contribution in [3.63, 3.8) is 0 Å². The molecule has 0 spiro atoms. The van der Waals surface area contributed by atoms with Crippen LogP contribution in [-0.4, -0.2) is 30.4 Å². The maximum atomic E-state index is 13.3. The molecule has 0 aliphatic rings. The normalized spacial score (nSPS) is 9.76. The zero-order chi connectivity index (χ0) is 12.8. The number of nitrogens with zero attached hydrogens (tertiary/aromatic N) is 1. The monoisotopic (exact) mass is 239 g/mol. The zero-order valence-electron chi connectivity index (χ0n) is 9.44. The van der Waals surface area contributed by atoms with Crippen molar-refractivity contribution in [2.75, 3.05) is 13.6 Å². The third-order valence-electron chi connectivity index (χ3n) is 2.20. The van der Waals surface area contributed by atoms with Gasteiger partial charge in [-0.3, -0.25) is 4.79 Å². The van der Waals surface area contributed by atoms with Gasteiger partial charge in [0.2, 0.25) is 5.91 Å². The predicted molar refractivity (Wildman–Crippen MR) is 60.5 cm³/mol. The van der Waals surface area contributed by atoms with Gasteiger partial charge in [-0.1, -0.05) is 18.2 Å². The van der Waals surface area contributed by atoms with Gasteiger partial charge >= 0.3 is 6.03 Å². The minimum absolute atomic E-state index is 0.145. The molecule has 1 aromatic rings. The number of benzene rings is 1.